The molecule has 4 aromatic carbocycles. The molecule has 184 valence electrons. The quantitative estimate of drug-likeness (QED) is 0.291. The molecule has 1 aliphatic heterocycles. The zero-order valence-electron chi connectivity index (χ0n) is 20.1. The molecular formula is C31H25FN2O2S. The van der Waals surface area contributed by atoms with Gasteiger partial charge in [0.2, 0.25) is 0 Å². The molecule has 0 aliphatic carbocycles. The number of halogens is 1. The molecule has 0 spiro atoms. The molecule has 0 unspecified atom stereocenters. The number of amides is 2. The molecule has 37 heavy (non-hydrogen) atoms. The lowest BCUT2D eigenvalue weighted by molar-refractivity contribution is -0.114. The molecule has 0 saturated heterocycles. The van der Waals surface area contributed by atoms with E-state index in [1.54, 1.807) is 29.2 Å². The van der Waals surface area contributed by atoms with Gasteiger partial charge in [0, 0.05) is 17.0 Å². The van der Waals surface area contributed by atoms with Crippen LogP contribution in [0.5, 0.6) is 0 Å². The molecule has 4 aromatic rings. The average Bonchev–Trinajstić information content (AvgIpc) is 2.93. The average molecular weight is 509 g/mol. The second-order valence-electron chi connectivity index (χ2n) is 8.71. The van der Waals surface area contributed by atoms with Crippen molar-refractivity contribution in [3.8, 4) is 0 Å². The van der Waals surface area contributed by atoms with Crippen LogP contribution >= 0.6 is 11.8 Å². The van der Waals surface area contributed by atoms with E-state index in [-0.39, 0.29) is 17.6 Å². The summed E-state index contributed by atoms with van der Waals surface area (Å²) < 4.78 is 13.4. The molecule has 0 fully saturated rings. The van der Waals surface area contributed by atoms with Crippen LogP contribution in [0.25, 0.3) is 6.08 Å². The van der Waals surface area contributed by atoms with Crippen LogP contribution in [0, 0.1) is 5.82 Å². The van der Waals surface area contributed by atoms with Gasteiger partial charge in [-0.1, -0.05) is 78.5 Å². The van der Waals surface area contributed by atoms with E-state index in [4.69, 9.17) is 0 Å². The summed E-state index contributed by atoms with van der Waals surface area (Å²) >= 11 is 1.43. The van der Waals surface area contributed by atoms with Gasteiger partial charge < -0.3 is 10.2 Å². The van der Waals surface area contributed by atoms with Crippen LogP contribution in [-0.2, 0) is 17.8 Å². The molecule has 1 aliphatic rings. The van der Waals surface area contributed by atoms with Crippen LogP contribution < -0.4 is 10.2 Å². The molecule has 0 radical (unpaired) electrons. The topological polar surface area (TPSA) is 49.4 Å². The number of para-hydroxylation sites is 1. The molecule has 0 saturated carbocycles. The summed E-state index contributed by atoms with van der Waals surface area (Å²) in [5.74, 6) is -0.549. The third kappa shape index (κ3) is 5.98. The molecule has 0 aromatic heterocycles. The summed E-state index contributed by atoms with van der Waals surface area (Å²) in [5, 5.41) is 2.96. The fraction of sp³-hybridized carbons (Fsp3) is 0.0968. The zero-order valence-corrected chi connectivity index (χ0v) is 20.9. The lowest BCUT2D eigenvalue weighted by atomic mass is 10.1. The monoisotopic (exact) mass is 508 g/mol. The van der Waals surface area contributed by atoms with Crippen LogP contribution in [-0.4, -0.2) is 18.4 Å². The smallest absolute Gasteiger partial charge is 0.265 e. The molecule has 1 heterocycles. The lowest BCUT2D eigenvalue weighted by Crippen LogP contribution is -2.33. The van der Waals surface area contributed by atoms with Gasteiger partial charge in [0.25, 0.3) is 11.8 Å². The first-order chi connectivity index (χ1) is 18.1. The zero-order chi connectivity index (χ0) is 25.6. The third-order valence-electron chi connectivity index (χ3n) is 6.10. The Balaban J connectivity index is 1.30. The lowest BCUT2D eigenvalue weighted by Gasteiger charge is -2.30. The Hall–Kier alpha value is -4.16. The van der Waals surface area contributed by atoms with Gasteiger partial charge in [0.15, 0.2) is 0 Å². The Morgan fingerprint density at radius 2 is 1.54 bits per heavy atom. The fourth-order valence-electron chi connectivity index (χ4n) is 4.14. The number of hydrogen-bond donors (Lipinski definition) is 1. The fourth-order valence-corrected chi connectivity index (χ4v) is 5.20. The second kappa shape index (κ2) is 11.3. The summed E-state index contributed by atoms with van der Waals surface area (Å²) in [6.07, 6.45) is 2.61. The van der Waals surface area contributed by atoms with Crippen molar-refractivity contribution < 1.29 is 14.0 Å². The molecule has 0 atom stereocenters. The Labute approximate surface area is 219 Å². The minimum absolute atomic E-state index is 0.115. The van der Waals surface area contributed by atoms with Crippen molar-refractivity contribution in [2.75, 3.05) is 11.4 Å². The van der Waals surface area contributed by atoms with Crippen molar-refractivity contribution in [1.82, 2.24) is 5.32 Å². The molecular weight excluding hydrogens is 483 g/mol. The van der Waals surface area contributed by atoms with Gasteiger partial charge in [-0.2, -0.15) is 0 Å². The summed E-state index contributed by atoms with van der Waals surface area (Å²) in [6.45, 7) is 0.902. The van der Waals surface area contributed by atoms with Crippen LogP contribution in [0.3, 0.4) is 0 Å². The van der Waals surface area contributed by atoms with E-state index in [2.05, 4.69) is 5.32 Å². The predicted octanol–water partition coefficient (Wildman–Crippen LogP) is 6.48. The number of carbonyl (C=O) groups excluding carboxylic acids is 2. The van der Waals surface area contributed by atoms with E-state index in [1.807, 2.05) is 72.8 Å². The van der Waals surface area contributed by atoms with E-state index in [0.29, 0.717) is 23.6 Å². The normalized spacial score (nSPS) is 13.9. The van der Waals surface area contributed by atoms with Gasteiger partial charge >= 0.3 is 0 Å². The molecule has 5 rings (SSSR count). The van der Waals surface area contributed by atoms with E-state index < -0.39 is 0 Å². The SMILES string of the molecule is O=C(NCCc1ccccc1)c1ccc(C=C2Sc3ccccc3N(Cc3ccc(F)cc3)C2=O)cc1. The molecule has 6 heteroatoms. The van der Waals surface area contributed by atoms with Gasteiger partial charge in [-0.25, -0.2) is 4.39 Å². The van der Waals surface area contributed by atoms with Gasteiger partial charge in [-0.15, -0.1) is 0 Å². The number of benzene rings is 4. The Morgan fingerprint density at radius 1 is 0.838 bits per heavy atom. The van der Waals surface area contributed by atoms with E-state index in [1.165, 1.54) is 29.5 Å². The first-order valence-corrected chi connectivity index (χ1v) is 12.9. The van der Waals surface area contributed by atoms with E-state index in [0.717, 1.165) is 28.1 Å². The number of fused-ring (bicyclic) bond motifs is 1. The summed E-state index contributed by atoms with van der Waals surface area (Å²) in [7, 11) is 0. The Bertz CT molecular complexity index is 1430. The number of rotatable bonds is 7. The van der Waals surface area contributed by atoms with Crippen molar-refractivity contribution in [2.24, 2.45) is 0 Å². The van der Waals surface area contributed by atoms with Crippen molar-refractivity contribution in [3.63, 3.8) is 0 Å². The second-order valence-corrected chi connectivity index (χ2v) is 9.79. The van der Waals surface area contributed by atoms with Crippen molar-refractivity contribution in [3.05, 3.63) is 136 Å². The van der Waals surface area contributed by atoms with Gasteiger partial charge in [-0.05, 0) is 65.6 Å². The number of thioether (sulfide) groups is 1. The third-order valence-corrected chi connectivity index (χ3v) is 7.18. The summed E-state index contributed by atoms with van der Waals surface area (Å²) in [5.41, 5.74) is 4.26. The number of hydrogen-bond acceptors (Lipinski definition) is 3. The highest BCUT2D eigenvalue weighted by Gasteiger charge is 2.29. The van der Waals surface area contributed by atoms with Crippen LogP contribution in [0.2, 0.25) is 0 Å². The van der Waals surface area contributed by atoms with Gasteiger partial charge in [0.05, 0.1) is 17.1 Å². The standard InChI is InChI=1S/C31H25FN2O2S/c32-26-16-12-24(13-17-26)21-34-27-8-4-5-9-28(27)37-29(31(34)36)20-23-10-14-25(15-11-23)30(35)33-19-18-22-6-2-1-3-7-22/h1-17,20H,18-19,21H2,(H,33,35). The molecule has 0 bridgehead atoms. The van der Waals surface area contributed by atoms with Gasteiger partial charge in [-0.3, -0.25) is 9.59 Å². The minimum atomic E-state index is -0.307. The Kier molecular flexibility index (Phi) is 7.47. The number of nitrogens with one attached hydrogen (secondary N) is 1. The van der Waals surface area contributed by atoms with Crippen LogP contribution in [0.15, 0.2) is 113 Å². The molecule has 2 amide bonds. The van der Waals surface area contributed by atoms with Crippen molar-refractivity contribution in [2.45, 2.75) is 17.9 Å². The number of anilines is 1. The maximum atomic E-state index is 13.5. The highest BCUT2D eigenvalue weighted by atomic mass is 32.2. The van der Waals surface area contributed by atoms with E-state index in [9.17, 15) is 14.0 Å². The van der Waals surface area contributed by atoms with E-state index >= 15 is 0 Å². The highest BCUT2D eigenvalue weighted by molar-refractivity contribution is 8.04. The maximum Gasteiger partial charge on any atom is 0.265 e. The molecule has 1 N–H and O–H groups in total. The maximum absolute atomic E-state index is 13.5. The highest BCUT2D eigenvalue weighted by Crippen LogP contribution is 2.42. The predicted molar refractivity (Wildman–Crippen MR) is 147 cm³/mol. The molecule has 4 nitrogen and oxygen atoms in total. The van der Waals surface area contributed by atoms with Crippen LogP contribution in [0.4, 0.5) is 10.1 Å². The first-order valence-electron chi connectivity index (χ1n) is 12.0. The van der Waals surface area contributed by atoms with Crippen LogP contribution in [0.1, 0.15) is 27.0 Å². The summed E-state index contributed by atoms with van der Waals surface area (Å²) in [6, 6.07) is 31.2. The number of carbonyl (C=O) groups is 2. The van der Waals surface area contributed by atoms with Gasteiger partial charge in [0.1, 0.15) is 5.82 Å². The largest absolute Gasteiger partial charge is 0.352 e. The van der Waals surface area contributed by atoms with Crippen molar-refractivity contribution in [1.29, 1.82) is 0 Å². The minimum Gasteiger partial charge on any atom is -0.352 e. The number of nitrogens with zero attached hydrogens (tertiary/aromatic N) is 1. The first kappa shape index (κ1) is 24.5. The Morgan fingerprint density at radius 3 is 2.30 bits per heavy atom. The van der Waals surface area contributed by atoms with Crippen molar-refractivity contribution >= 4 is 35.3 Å². The summed E-state index contributed by atoms with van der Waals surface area (Å²) in [4.78, 5) is 29.3.